The molecule has 0 unspecified atom stereocenters. The van der Waals surface area contributed by atoms with Gasteiger partial charge in [-0.1, -0.05) is 46.9 Å². The third-order valence-electron chi connectivity index (χ3n) is 3.17. The summed E-state index contributed by atoms with van der Waals surface area (Å²) < 4.78 is 0. The number of nitrogens with zero attached hydrogens (tertiary/aromatic N) is 2. The second-order valence-electron chi connectivity index (χ2n) is 4.44. The highest BCUT2D eigenvalue weighted by molar-refractivity contribution is 6.69. The molecule has 0 aliphatic carbocycles. The zero-order chi connectivity index (χ0) is 15.9. The van der Waals surface area contributed by atoms with Crippen LogP contribution < -0.4 is 0 Å². The summed E-state index contributed by atoms with van der Waals surface area (Å²) in [4.78, 5) is 19.8. The van der Waals surface area contributed by atoms with E-state index < -0.39 is 5.24 Å². The van der Waals surface area contributed by atoms with Crippen molar-refractivity contribution in [3.05, 3.63) is 57.4 Å². The third-order valence-corrected chi connectivity index (χ3v) is 4.60. The summed E-state index contributed by atoms with van der Waals surface area (Å²) in [6.45, 7) is 0. The van der Waals surface area contributed by atoms with Crippen LogP contribution in [0.1, 0.15) is 10.4 Å². The molecular weight excluding hydrogens is 366 g/mol. The van der Waals surface area contributed by atoms with Crippen LogP contribution >= 0.6 is 46.4 Å². The average Bonchev–Trinajstić information content (AvgIpc) is 2.50. The van der Waals surface area contributed by atoms with Crippen LogP contribution in [0.15, 0.2) is 36.8 Å². The number of carbonyl (C=O) groups excluding carboxylic acids is 1. The maximum atomic E-state index is 11.3. The van der Waals surface area contributed by atoms with Gasteiger partial charge in [-0.05, 0) is 17.7 Å². The molecule has 3 nitrogen and oxygen atoms in total. The third kappa shape index (κ3) is 2.55. The van der Waals surface area contributed by atoms with Gasteiger partial charge < -0.3 is 0 Å². The summed E-state index contributed by atoms with van der Waals surface area (Å²) in [7, 11) is 0. The topological polar surface area (TPSA) is 42.9 Å². The number of halogens is 4. The quantitative estimate of drug-likeness (QED) is 0.547. The molecule has 0 atom stereocenters. The first-order chi connectivity index (χ1) is 10.5. The molecule has 0 radical (unpaired) electrons. The smallest absolute Gasteiger partial charge is 0.255 e. The monoisotopic (exact) mass is 370 g/mol. The van der Waals surface area contributed by atoms with Gasteiger partial charge in [0.1, 0.15) is 0 Å². The molecule has 22 heavy (non-hydrogen) atoms. The second-order valence-corrected chi connectivity index (χ2v) is 5.95. The maximum Gasteiger partial charge on any atom is 0.255 e. The number of carbonyl (C=O) groups is 1. The summed E-state index contributed by atoms with van der Waals surface area (Å²) in [6, 6.07) is 5.28. The Morgan fingerprint density at radius 3 is 2.45 bits per heavy atom. The van der Waals surface area contributed by atoms with E-state index >= 15 is 0 Å². The van der Waals surface area contributed by atoms with Gasteiger partial charge in [0.2, 0.25) is 0 Å². The van der Waals surface area contributed by atoms with Crippen molar-refractivity contribution in [3.8, 4) is 11.1 Å². The molecule has 0 bridgehead atoms. The Morgan fingerprint density at radius 1 is 0.955 bits per heavy atom. The Bertz CT molecular complexity index is 911. The first-order valence-electron chi connectivity index (χ1n) is 6.07. The summed E-state index contributed by atoms with van der Waals surface area (Å²) >= 11 is 24.0. The first-order valence-corrected chi connectivity index (χ1v) is 7.58. The van der Waals surface area contributed by atoms with E-state index in [1.807, 2.05) is 0 Å². The van der Waals surface area contributed by atoms with Gasteiger partial charge in [-0.15, -0.1) is 0 Å². The highest BCUT2D eigenvalue weighted by atomic mass is 35.5. The lowest BCUT2D eigenvalue weighted by Crippen LogP contribution is -1.96. The lowest BCUT2D eigenvalue weighted by Gasteiger charge is -2.10. The van der Waals surface area contributed by atoms with E-state index in [0.29, 0.717) is 32.1 Å². The molecular formula is C15H6Cl4N2O. The van der Waals surface area contributed by atoms with E-state index in [1.165, 1.54) is 12.4 Å². The van der Waals surface area contributed by atoms with Gasteiger partial charge in [-0.3, -0.25) is 14.8 Å². The van der Waals surface area contributed by atoms with Crippen molar-refractivity contribution in [3.63, 3.8) is 0 Å². The number of benzene rings is 1. The lowest BCUT2D eigenvalue weighted by atomic mass is 10.0. The van der Waals surface area contributed by atoms with Gasteiger partial charge in [0, 0.05) is 35.1 Å². The predicted molar refractivity (Wildman–Crippen MR) is 90.2 cm³/mol. The van der Waals surface area contributed by atoms with E-state index in [9.17, 15) is 4.79 Å². The summed E-state index contributed by atoms with van der Waals surface area (Å²) in [5.74, 6) is 0. The lowest BCUT2D eigenvalue weighted by molar-refractivity contribution is 0.108. The van der Waals surface area contributed by atoms with Crippen molar-refractivity contribution in [1.82, 2.24) is 9.97 Å². The minimum absolute atomic E-state index is 0.131. The van der Waals surface area contributed by atoms with E-state index in [0.717, 1.165) is 0 Å². The molecule has 0 fully saturated rings. The molecule has 110 valence electrons. The number of hydrogen-bond acceptors (Lipinski definition) is 3. The van der Waals surface area contributed by atoms with Gasteiger partial charge in [0.05, 0.1) is 26.1 Å². The Balaban J connectivity index is 2.35. The summed E-state index contributed by atoms with van der Waals surface area (Å²) in [6.07, 6.45) is 4.48. The van der Waals surface area contributed by atoms with Gasteiger partial charge in [0.25, 0.3) is 5.24 Å². The van der Waals surface area contributed by atoms with Crippen LogP contribution in [0.3, 0.4) is 0 Å². The summed E-state index contributed by atoms with van der Waals surface area (Å²) in [5.41, 5.74) is 2.04. The van der Waals surface area contributed by atoms with E-state index in [-0.39, 0.29) is 10.6 Å². The molecule has 0 spiro atoms. The van der Waals surface area contributed by atoms with Crippen molar-refractivity contribution in [2.45, 2.75) is 0 Å². The van der Waals surface area contributed by atoms with Crippen LogP contribution in [0.25, 0.3) is 22.0 Å². The Morgan fingerprint density at radius 2 is 1.73 bits per heavy atom. The summed E-state index contributed by atoms with van der Waals surface area (Å²) in [5, 5.41) is 0.869. The van der Waals surface area contributed by atoms with Crippen LogP contribution in [0.5, 0.6) is 0 Å². The van der Waals surface area contributed by atoms with Crippen LogP contribution in [-0.4, -0.2) is 15.2 Å². The molecule has 7 heteroatoms. The highest BCUT2D eigenvalue weighted by Crippen LogP contribution is 2.37. The molecule has 0 amide bonds. The SMILES string of the molecule is O=C(Cl)c1cnc2c(-c3cccc(Cl)c3Cl)cncc2c1Cl. The molecule has 3 rings (SSSR count). The van der Waals surface area contributed by atoms with Crippen LogP contribution in [-0.2, 0) is 0 Å². The highest BCUT2D eigenvalue weighted by Gasteiger charge is 2.16. The fourth-order valence-electron chi connectivity index (χ4n) is 2.13. The van der Waals surface area contributed by atoms with Gasteiger partial charge in [-0.2, -0.15) is 0 Å². The Labute approximate surface area is 145 Å². The molecule has 0 saturated carbocycles. The normalized spacial score (nSPS) is 10.9. The minimum atomic E-state index is -0.675. The van der Waals surface area contributed by atoms with Gasteiger partial charge in [0.15, 0.2) is 0 Å². The number of rotatable bonds is 2. The maximum absolute atomic E-state index is 11.3. The Hall–Kier alpha value is -1.39. The molecule has 2 aromatic heterocycles. The molecule has 1 aromatic carbocycles. The molecule has 3 aromatic rings. The average molecular weight is 372 g/mol. The molecule has 0 saturated heterocycles. The molecule has 0 aliphatic rings. The van der Waals surface area contributed by atoms with Crippen molar-refractivity contribution in [1.29, 1.82) is 0 Å². The van der Waals surface area contributed by atoms with Crippen LogP contribution in [0.4, 0.5) is 0 Å². The van der Waals surface area contributed by atoms with Gasteiger partial charge in [-0.25, -0.2) is 0 Å². The standard InChI is InChI=1S/C15H6Cl4N2O/c16-11-3-1-2-7(13(11)18)8-4-20-5-9-12(17)10(15(19)22)6-21-14(8)9/h1-6H. The molecule has 2 heterocycles. The van der Waals surface area contributed by atoms with Crippen LogP contribution in [0, 0.1) is 0 Å². The number of fused-ring (bicyclic) bond motifs is 1. The Kier molecular flexibility index (Phi) is 4.24. The number of hydrogen-bond donors (Lipinski definition) is 0. The first kappa shape index (κ1) is 15.5. The van der Waals surface area contributed by atoms with Crippen LogP contribution in [0.2, 0.25) is 15.1 Å². The minimum Gasteiger partial charge on any atom is -0.275 e. The van der Waals surface area contributed by atoms with Gasteiger partial charge >= 0.3 is 0 Å². The zero-order valence-electron chi connectivity index (χ0n) is 10.8. The van der Waals surface area contributed by atoms with Crippen molar-refractivity contribution >= 4 is 62.5 Å². The fourth-order valence-corrected chi connectivity index (χ4v) is 3.00. The molecule has 0 aliphatic heterocycles. The predicted octanol–water partition coefficient (Wildman–Crippen LogP) is 5.64. The molecule has 0 N–H and O–H groups in total. The fraction of sp³-hybridized carbons (Fsp3) is 0. The van der Waals surface area contributed by atoms with E-state index in [4.69, 9.17) is 46.4 Å². The largest absolute Gasteiger partial charge is 0.275 e. The van der Waals surface area contributed by atoms with E-state index in [2.05, 4.69) is 9.97 Å². The number of pyridine rings is 2. The van der Waals surface area contributed by atoms with Crippen molar-refractivity contribution in [2.75, 3.05) is 0 Å². The van der Waals surface area contributed by atoms with E-state index in [1.54, 1.807) is 24.4 Å². The zero-order valence-corrected chi connectivity index (χ0v) is 13.8. The second kappa shape index (κ2) is 6.01. The van der Waals surface area contributed by atoms with Crippen molar-refractivity contribution < 1.29 is 4.79 Å². The number of aromatic nitrogens is 2. The van der Waals surface area contributed by atoms with Crippen molar-refractivity contribution in [2.24, 2.45) is 0 Å².